The van der Waals surface area contributed by atoms with Crippen LogP contribution in [0.15, 0.2) is 54.7 Å². The van der Waals surface area contributed by atoms with E-state index in [1.807, 2.05) is 31.2 Å². The van der Waals surface area contributed by atoms with Crippen molar-refractivity contribution < 1.29 is 9.13 Å². The topological polar surface area (TPSA) is 25.4 Å². The third kappa shape index (κ3) is 3.42. The molecule has 134 valence electrons. The van der Waals surface area contributed by atoms with Crippen molar-refractivity contribution in [1.82, 2.24) is 9.88 Å². The number of fused-ring (bicyclic) bond motifs is 1. The highest BCUT2D eigenvalue weighted by molar-refractivity contribution is 5.81. The van der Waals surface area contributed by atoms with Gasteiger partial charge in [0.05, 0.1) is 12.1 Å². The largest absolute Gasteiger partial charge is 0.494 e. The number of benzene rings is 2. The van der Waals surface area contributed by atoms with Gasteiger partial charge in [-0.25, -0.2) is 4.39 Å². The fourth-order valence-electron chi connectivity index (χ4n) is 3.91. The summed E-state index contributed by atoms with van der Waals surface area (Å²) in [5.41, 5.74) is 3.14. The van der Waals surface area contributed by atoms with Crippen molar-refractivity contribution in [3.8, 4) is 5.75 Å². The fraction of sp³-hybridized carbons (Fsp3) is 0.318. The summed E-state index contributed by atoms with van der Waals surface area (Å²) in [6.07, 6.45) is 4.05. The SMILES string of the molecule is CCOc1ccc(C2CCCN2Cc2cc(F)cc3cccnc23)cc1. The lowest BCUT2D eigenvalue weighted by Crippen LogP contribution is -2.23. The summed E-state index contributed by atoms with van der Waals surface area (Å²) in [6.45, 7) is 4.39. The number of halogens is 1. The molecule has 4 rings (SSSR count). The lowest BCUT2D eigenvalue weighted by molar-refractivity contribution is 0.249. The number of likely N-dealkylation sites (tertiary alicyclic amines) is 1. The first-order valence-corrected chi connectivity index (χ1v) is 9.24. The lowest BCUT2D eigenvalue weighted by Gasteiger charge is -2.25. The molecule has 1 atom stereocenters. The van der Waals surface area contributed by atoms with E-state index in [0.29, 0.717) is 19.2 Å². The van der Waals surface area contributed by atoms with E-state index < -0.39 is 0 Å². The lowest BCUT2D eigenvalue weighted by atomic mass is 10.0. The highest BCUT2D eigenvalue weighted by atomic mass is 19.1. The van der Waals surface area contributed by atoms with Crippen molar-refractivity contribution in [3.63, 3.8) is 0 Å². The molecule has 0 spiro atoms. The van der Waals surface area contributed by atoms with Crippen LogP contribution in [0.25, 0.3) is 10.9 Å². The minimum Gasteiger partial charge on any atom is -0.494 e. The van der Waals surface area contributed by atoms with Crippen LogP contribution >= 0.6 is 0 Å². The molecule has 3 nitrogen and oxygen atoms in total. The zero-order chi connectivity index (χ0) is 17.9. The Morgan fingerprint density at radius 1 is 1.19 bits per heavy atom. The molecule has 3 aromatic rings. The van der Waals surface area contributed by atoms with Crippen LogP contribution in [0.1, 0.15) is 36.9 Å². The number of hydrogen-bond donors (Lipinski definition) is 0. The van der Waals surface area contributed by atoms with Gasteiger partial charge in [-0.05, 0) is 67.8 Å². The molecule has 26 heavy (non-hydrogen) atoms. The van der Waals surface area contributed by atoms with Gasteiger partial charge in [-0.2, -0.15) is 0 Å². The van der Waals surface area contributed by atoms with E-state index in [2.05, 4.69) is 22.0 Å². The Balaban J connectivity index is 1.60. The second-order valence-corrected chi connectivity index (χ2v) is 6.77. The molecule has 2 aromatic carbocycles. The Hall–Kier alpha value is -2.46. The zero-order valence-electron chi connectivity index (χ0n) is 15.0. The molecule has 1 aliphatic heterocycles. The predicted molar refractivity (Wildman–Crippen MR) is 102 cm³/mol. The second-order valence-electron chi connectivity index (χ2n) is 6.77. The first-order chi connectivity index (χ1) is 12.7. The quantitative estimate of drug-likeness (QED) is 0.639. The first kappa shape index (κ1) is 17.0. The molecule has 0 bridgehead atoms. The third-order valence-corrected chi connectivity index (χ3v) is 5.06. The van der Waals surface area contributed by atoms with Crippen LogP contribution in [0.2, 0.25) is 0 Å². The fourth-order valence-corrected chi connectivity index (χ4v) is 3.91. The van der Waals surface area contributed by atoms with Crippen molar-refractivity contribution in [2.45, 2.75) is 32.4 Å². The molecule has 0 saturated carbocycles. The van der Waals surface area contributed by atoms with E-state index in [1.54, 1.807) is 18.3 Å². The van der Waals surface area contributed by atoms with E-state index in [0.717, 1.165) is 41.6 Å². The predicted octanol–water partition coefficient (Wildman–Crippen LogP) is 5.11. The molecule has 1 saturated heterocycles. The molecule has 2 heterocycles. The average Bonchev–Trinajstić information content (AvgIpc) is 3.11. The van der Waals surface area contributed by atoms with E-state index in [-0.39, 0.29) is 5.82 Å². The van der Waals surface area contributed by atoms with E-state index in [4.69, 9.17) is 4.74 Å². The maximum Gasteiger partial charge on any atom is 0.124 e. The van der Waals surface area contributed by atoms with Crippen LogP contribution in [-0.4, -0.2) is 23.0 Å². The van der Waals surface area contributed by atoms with Gasteiger partial charge in [0.2, 0.25) is 0 Å². The van der Waals surface area contributed by atoms with Crippen LogP contribution in [-0.2, 0) is 6.54 Å². The average molecular weight is 350 g/mol. The molecular formula is C22H23FN2O. The minimum absolute atomic E-state index is 0.197. The molecular weight excluding hydrogens is 327 g/mol. The van der Waals surface area contributed by atoms with E-state index in [9.17, 15) is 4.39 Å². The van der Waals surface area contributed by atoms with E-state index in [1.165, 1.54) is 5.56 Å². The molecule has 1 aromatic heterocycles. The van der Waals surface area contributed by atoms with Gasteiger partial charge < -0.3 is 4.74 Å². The second kappa shape index (κ2) is 7.42. The highest BCUT2D eigenvalue weighted by Gasteiger charge is 2.26. The van der Waals surface area contributed by atoms with Gasteiger partial charge in [0, 0.05) is 24.2 Å². The number of aromatic nitrogens is 1. The Kier molecular flexibility index (Phi) is 4.85. The molecule has 4 heteroatoms. The van der Waals surface area contributed by atoms with Crippen LogP contribution in [0.3, 0.4) is 0 Å². The summed E-state index contributed by atoms with van der Waals surface area (Å²) >= 11 is 0. The number of ether oxygens (including phenoxy) is 1. The van der Waals surface area contributed by atoms with Gasteiger partial charge in [0.1, 0.15) is 11.6 Å². The van der Waals surface area contributed by atoms with Gasteiger partial charge in [0.15, 0.2) is 0 Å². The summed E-state index contributed by atoms with van der Waals surface area (Å²) in [5.74, 6) is 0.707. The first-order valence-electron chi connectivity index (χ1n) is 9.24. The van der Waals surface area contributed by atoms with Gasteiger partial charge in [-0.15, -0.1) is 0 Å². The zero-order valence-corrected chi connectivity index (χ0v) is 15.0. The van der Waals surface area contributed by atoms with Crippen LogP contribution in [0.5, 0.6) is 5.75 Å². The van der Waals surface area contributed by atoms with Crippen molar-refractivity contribution >= 4 is 10.9 Å². The van der Waals surface area contributed by atoms with Crippen molar-refractivity contribution in [1.29, 1.82) is 0 Å². The van der Waals surface area contributed by atoms with Crippen LogP contribution in [0, 0.1) is 5.82 Å². The third-order valence-electron chi connectivity index (χ3n) is 5.06. The molecule has 0 amide bonds. The summed E-state index contributed by atoms with van der Waals surface area (Å²) in [6, 6.07) is 15.7. The molecule has 1 fully saturated rings. The standard InChI is InChI=1S/C22H23FN2O/c1-2-26-20-9-7-16(8-10-20)21-6-4-12-25(21)15-18-14-19(23)13-17-5-3-11-24-22(17)18/h3,5,7-11,13-14,21H,2,4,6,12,15H2,1H3. The van der Waals surface area contributed by atoms with Crippen molar-refractivity contribution in [3.05, 3.63) is 71.7 Å². The number of hydrogen-bond acceptors (Lipinski definition) is 3. The molecule has 0 radical (unpaired) electrons. The Morgan fingerprint density at radius 3 is 2.85 bits per heavy atom. The van der Waals surface area contributed by atoms with Gasteiger partial charge in [-0.3, -0.25) is 9.88 Å². The van der Waals surface area contributed by atoms with Crippen LogP contribution in [0.4, 0.5) is 4.39 Å². The smallest absolute Gasteiger partial charge is 0.124 e. The van der Waals surface area contributed by atoms with Crippen molar-refractivity contribution in [2.24, 2.45) is 0 Å². The molecule has 0 aliphatic carbocycles. The highest BCUT2D eigenvalue weighted by Crippen LogP contribution is 2.34. The summed E-state index contributed by atoms with van der Waals surface area (Å²) < 4.78 is 19.6. The summed E-state index contributed by atoms with van der Waals surface area (Å²) in [5, 5.41) is 0.860. The maximum absolute atomic E-state index is 14.0. The van der Waals surface area contributed by atoms with Gasteiger partial charge in [-0.1, -0.05) is 18.2 Å². The maximum atomic E-state index is 14.0. The number of rotatable bonds is 5. The Labute approximate surface area is 153 Å². The minimum atomic E-state index is -0.197. The normalized spacial score (nSPS) is 17.7. The number of pyridine rings is 1. The Bertz CT molecular complexity index is 894. The van der Waals surface area contributed by atoms with Crippen LogP contribution < -0.4 is 4.74 Å². The van der Waals surface area contributed by atoms with Gasteiger partial charge in [0.25, 0.3) is 0 Å². The summed E-state index contributed by atoms with van der Waals surface area (Å²) in [7, 11) is 0. The Morgan fingerprint density at radius 2 is 2.04 bits per heavy atom. The monoisotopic (exact) mass is 350 g/mol. The van der Waals surface area contributed by atoms with E-state index >= 15 is 0 Å². The number of nitrogens with zero attached hydrogens (tertiary/aromatic N) is 2. The molecule has 1 unspecified atom stereocenters. The van der Waals surface area contributed by atoms with Gasteiger partial charge >= 0.3 is 0 Å². The van der Waals surface area contributed by atoms with Crippen molar-refractivity contribution in [2.75, 3.05) is 13.2 Å². The molecule has 0 N–H and O–H groups in total. The summed E-state index contributed by atoms with van der Waals surface area (Å²) in [4.78, 5) is 6.91. The molecule has 1 aliphatic rings.